The number of hydrogen-bond donors (Lipinski definition) is 2. The molecule has 2 aliphatic rings. The molecule has 1 aliphatic carbocycles. The Balaban J connectivity index is 1.88. The van der Waals surface area contributed by atoms with Crippen molar-refractivity contribution in [2.24, 2.45) is 5.92 Å². The molecular formula is C14H26N2O2. The number of likely N-dealkylation sites (tertiary alicyclic amines) is 1. The lowest BCUT2D eigenvalue weighted by atomic mass is 9.77. The fourth-order valence-corrected chi connectivity index (χ4v) is 3.30. The van der Waals surface area contributed by atoms with Crippen LogP contribution < -0.4 is 5.32 Å². The van der Waals surface area contributed by atoms with Crippen molar-refractivity contribution in [2.75, 3.05) is 20.1 Å². The van der Waals surface area contributed by atoms with Gasteiger partial charge in [-0.3, -0.25) is 4.79 Å². The minimum atomic E-state index is -0.635. The van der Waals surface area contributed by atoms with Gasteiger partial charge in [0.15, 0.2) is 0 Å². The number of hydrogen-bond acceptors (Lipinski definition) is 3. The summed E-state index contributed by atoms with van der Waals surface area (Å²) in [6.07, 6.45) is 5.97. The highest BCUT2D eigenvalue weighted by Gasteiger charge is 2.39. The van der Waals surface area contributed by atoms with E-state index in [0.717, 1.165) is 44.6 Å². The van der Waals surface area contributed by atoms with Crippen molar-refractivity contribution in [1.82, 2.24) is 10.2 Å². The quantitative estimate of drug-likeness (QED) is 0.791. The van der Waals surface area contributed by atoms with Crippen LogP contribution >= 0.6 is 0 Å². The number of likely N-dealkylation sites (N-methyl/N-ethyl adjacent to an activating group) is 1. The standard InChI is InChI=1S/C14H26N2O2/c1-3-11-4-7-14(18,8-5-11)10-16-9-6-12(15-2)13(16)17/h11-12,15,18H,3-10H2,1-2H3. The van der Waals surface area contributed by atoms with Crippen LogP contribution in [0.5, 0.6) is 0 Å². The molecule has 1 saturated heterocycles. The van der Waals surface area contributed by atoms with Gasteiger partial charge >= 0.3 is 0 Å². The second kappa shape index (κ2) is 5.57. The van der Waals surface area contributed by atoms with Gasteiger partial charge in [0.1, 0.15) is 0 Å². The maximum atomic E-state index is 12.0. The molecule has 4 heteroatoms. The predicted molar refractivity (Wildman–Crippen MR) is 71.2 cm³/mol. The Morgan fingerprint density at radius 3 is 2.56 bits per heavy atom. The molecule has 2 N–H and O–H groups in total. The first-order chi connectivity index (χ1) is 8.58. The van der Waals surface area contributed by atoms with Crippen LogP contribution in [0.4, 0.5) is 0 Å². The van der Waals surface area contributed by atoms with Crippen LogP contribution in [0.15, 0.2) is 0 Å². The molecule has 1 aliphatic heterocycles. The number of β-amino-alcohol motifs (C(OH)–C–C–N with tert-alkyl or cyclic N) is 1. The third kappa shape index (κ3) is 2.86. The summed E-state index contributed by atoms with van der Waals surface area (Å²) in [5.74, 6) is 0.924. The van der Waals surface area contributed by atoms with Gasteiger partial charge in [-0.2, -0.15) is 0 Å². The third-order valence-corrected chi connectivity index (χ3v) is 4.74. The van der Waals surface area contributed by atoms with Crippen molar-refractivity contribution in [3.63, 3.8) is 0 Å². The van der Waals surface area contributed by atoms with Crippen LogP contribution in [-0.4, -0.2) is 47.7 Å². The second-order valence-electron chi connectivity index (χ2n) is 5.97. The minimum absolute atomic E-state index is 0.0411. The molecule has 0 aromatic rings. The van der Waals surface area contributed by atoms with E-state index in [4.69, 9.17) is 0 Å². The lowest BCUT2D eigenvalue weighted by Gasteiger charge is -2.38. The van der Waals surface area contributed by atoms with Gasteiger partial charge in [-0.1, -0.05) is 13.3 Å². The molecule has 4 nitrogen and oxygen atoms in total. The van der Waals surface area contributed by atoms with Crippen LogP contribution in [0.25, 0.3) is 0 Å². The molecule has 104 valence electrons. The van der Waals surface area contributed by atoms with Gasteiger partial charge in [0, 0.05) is 13.1 Å². The molecule has 1 heterocycles. The summed E-state index contributed by atoms with van der Waals surface area (Å²) in [6.45, 7) is 3.53. The molecule has 1 amide bonds. The zero-order valence-corrected chi connectivity index (χ0v) is 11.6. The Morgan fingerprint density at radius 2 is 2.06 bits per heavy atom. The number of rotatable bonds is 4. The maximum absolute atomic E-state index is 12.0. The van der Waals surface area contributed by atoms with Crippen molar-refractivity contribution in [1.29, 1.82) is 0 Å². The molecule has 1 unspecified atom stereocenters. The first kappa shape index (κ1) is 13.8. The Kier molecular flexibility index (Phi) is 4.28. The van der Waals surface area contributed by atoms with E-state index in [1.54, 1.807) is 0 Å². The fourth-order valence-electron chi connectivity index (χ4n) is 3.30. The molecule has 1 saturated carbocycles. The molecule has 0 radical (unpaired) electrons. The zero-order chi connectivity index (χ0) is 13.2. The topological polar surface area (TPSA) is 52.6 Å². The van der Waals surface area contributed by atoms with E-state index < -0.39 is 5.60 Å². The number of aliphatic hydroxyl groups is 1. The monoisotopic (exact) mass is 254 g/mol. The number of carbonyl (C=O) groups is 1. The highest BCUT2D eigenvalue weighted by molar-refractivity contribution is 5.84. The average Bonchev–Trinajstić information content (AvgIpc) is 2.71. The largest absolute Gasteiger partial charge is 0.388 e. The molecule has 2 rings (SSSR count). The van der Waals surface area contributed by atoms with E-state index in [0.29, 0.717) is 6.54 Å². The van der Waals surface area contributed by atoms with E-state index >= 15 is 0 Å². The Morgan fingerprint density at radius 1 is 1.39 bits per heavy atom. The van der Waals surface area contributed by atoms with Gasteiger partial charge in [-0.25, -0.2) is 0 Å². The van der Waals surface area contributed by atoms with Crippen LogP contribution in [0.2, 0.25) is 0 Å². The molecular weight excluding hydrogens is 228 g/mol. The Labute approximate surface area is 110 Å². The van der Waals surface area contributed by atoms with Gasteiger partial charge in [-0.15, -0.1) is 0 Å². The summed E-state index contributed by atoms with van der Waals surface area (Å²) in [6, 6.07) is -0.0411. The van der Waals surface area contributed by atoms with E-state index in [1.165, 1.54) is 6.42 Å². The fraction of sp³-hybridized carbons (Fsp3) is 0.929. The molecule has 0 spiro atoms. The molecule has 1 atom stereocenters. The molecule has 2 fully saturated rings. The first-order valence-corrected chi connectivity index (χ1v) is 7.26. The summed E-state index contributed by atoms with van der Waals surface area (Å²) < 4.78 is 0. The van der Waals surface area contributed by atoms with Crippen LogP contribution in [0.3, 0.4) is 0 Å². The summed E-state index contributed by atoms with van der Waals surface area (Å²) in [5, 5.41) is 13.6. The van der Waals surface area contributed by atoms with Gasteiger partial charge < -0.3 is 15.3 Å². The highest BCUT2D eigenvalue weighted by atomic mass is 16.3. The molecule has 0 bridgehead atoms. The van der Waals surface area contributed by atoms with Gasteiger partial charge in [-0.05, 0) is 45.1 Å². The Hall–Kier alpha value is -0.610. The average molecular weight is 254 g/mol. The maximum Gasteiger partial charge on any atom is 0.239 e. The normalized spacial score (nSPS) is 37.3. The van der Waals surface area contributed by atoms with E-state index in [9.17, 15) is 9.90 Å². The van der Waals surface area contributed by atoms with Crippen molar-refractivity contribution >= 4 is 5.91 Å². The Bertz CT molecular complexity index is 298. The number of nitrogens with one attached hydrogen (secondary N) is 1. The van der Waals surface area contributed by atoms with Crippen LogP contribution in [0, 0.1) is 5.92 Å². The van der Waals surface area contributed by atoms with Crippen LogP contribution in [-0.2, 0) is 4.79 Å². The van der Waals surface area contributed by atoms with Crippen LogP contribution in [0.1, 0.15) is 45.4 Å². The van der Waals surface area contributed by atoms with Crippen molar-refractivity contribution in [3.05, 3.63) is 0 Å². The van der Waals surface area contributed by atoms with Crippen molar-refractivity contribution in [2.45, 2.75) is 57.1 Å². The highest BCUT2D eigenvalue weighted by Crippen LogP contribution is 2.34. The third-order valence-electron chi connectivity index (χ3n) is 4.74. The SMILES string of the molecule is CCC1CCC(O)(CN2CCC(NC)C2=O)CC1. The second-order valence-corrected chi connectivity index (χ2v) is 5.97. The molecule has 18 heavy (non-hydrogen) atoms. The van der Waals surface area contributed by atoms with Gasteiger partial charge in [0.2, 0.25) is 5.91 Å². The van der Waals surface area contributed by atoms with Crippen molar-refractivity contribution < 1.29 is 9.90 Å². The lowest BCUT2D eigenvalue weighted by molar-refractivity contribution is -0.133. The summed E-state index contributed by atoms with van der Waals surface area (Å²) in [4.78, 5) is 13.9. The number of amides is 1. The molecule has 0 aromatic heterocycles. The lowest BCUT2D eigenvalue weighted by Crippen LogP contribution is -2.47. The zero-order valence-electron chi connectivity index (χ0n) is 11.6. The summed E-state index contributed by atoms with van der Waals surface area (Å²) in [5.41, 5.74) is -0.635. The van der Waals surface area contributed by atoms with E-state index in [1.807, 2.05) is 11.9 Å². The first-order valence-electron chi connectivity index (χ1n) is 7.26. The smallest absolute Gasteiger partial charge is 0.239 e. The summed E-state index contributed by atoms with van der Waals surface area (Å²) >= 11 is 0. The number of carbonyl (C=O) groups excluding carboxylic acids is 1. The van der Waals surface area contributed by atoms with E-state index in [-0.39, 0.29) is 11.9 Å². The molecule has 0 aromatic carbocycles. The van der Waals surface area contributed by atoms with Crippen molar-refractivity contribution in [3.8, 4) is 0 Å². The van der Waals surface area contributed by atoms with E-state index in [2.05, 4.69) is 12.2 Å². The number of nitrogens with zero attached hydrogens (tertiary/aromatic N) is 1. The van der Waals surface area contributed by atoms with Gasteiger partial charge in [0.25, 0.3) is 0 Å². The predicted octanol–water partition coefficient (Wildman–Crippen LogP) is 1.14. The van der Waals surface area contributed by atoms with Gasteiger partial charge in [0.05, 0.1) is 11.6 Å². The minimum Gasteiger partial charge on any atom is -0.388 e. The summed E-state index contributed by atoms with van der Waals surface area (Å²) in [7, 11) is 1.83.